The molecule has 26 heavy (non-hydrogen) atoms. The lowest BCUT2D eigenvalue weighted by atomic mass is 10.0. The highest BCUT2D eigenvalue weighted by Gasteiger charge is 2.35. The third-order valence-electron chi connectivity index (χ3n) is 3.42. The molecule has 0 atom stereocenters. The zero-order valence-corrected chi connectivity index (χ0v) is 14.4. The van der Waals surface area contributed by atoms with Gasteiger partial charge in [0.25, 0.3) is 0 Å². The van der Waals surface area contributed by atoms with Gasteiger partial charge in [0.1, 0.15) is 12.2 Å². The first-order valence-corrected chi connectivity index (χ1v) is 7.72. The standard InChI is InChI=1S/C16H17F3N2O.CH4N2O/c1-3-11-6-4-8-14(20-2)12(11)10-22-15-13(16(17,18)19)7-5-9-21-15;2-3-1-4/h4-9,20H,3,10H2,1-2H3;1H,2H2,(H,3,4). The van der Waals surface area contributed by atoms with Gasteiger partial charge in [0, 0.05) is 24.5 Å². The summed E-state index contributed by atoms with van der Waals surface area (Å²) in [4.78, 5) is 12.6. The minimum absolute atomic E-state index is 0.0281. The summed E-state index contributed by atoms with van der Waals surface area (Å²) >= 11 is 0. The number of benzene rings is 1. The second-order valence-corrected chi connectivity index (χ2v) is 4.97. The minimum Gasteiger partial charge on any atom is -0.472 e. The Balaban J connectivity index is 0.000000765. The predicted octanol–water partition coefficient (Wildman–Crippen LogP) is 2.89. The number of nitrogens with two attached hydrogens (primary N) is 1. The smallest absolute Gasteiger partial charge is 0.421 e. The fraction of sp³-hybridized carbons (Fsp3) is 0.294. The van der Waals surface area contributed by atoms with Crippen LogP contribution in [0.2, 0.25) is 0 Å². The van der Waals surface area contributed by atoms with Gasteiger partial charge in [-0.05, 0) is 30.2 Å². The van der Waals surface area contributed by atoms with Gasteiger partial charge in [0.15, 0.2) is 0 Å². The first kappa shape index (κ1) is 21.2. The molecule has 9 heteroatoms. The number of carbonyl (C=O) groups excluding carboxylic acids is 1. The summed E-state index contributed by atoms with van der Waals surface area (Å²) in [5, 5.41) is 3.03. The number of alkyl halides is 3. The van der Waals surface area contributed by atoms with Crippen molar-refractivity contribution >= 4 is 12.1 Å². The molecule has 6 nitrogen and oxygen atoms in total. The average molecular weight is 370 g/mol. The number of ether oxygens (including phenoxy) is 1. The van der Waals surface area contributed by atoms with Gasteiger partial charge in [-0.2, -0.15) is 13.2 Å². The molecular formula is C17H21F3N4O2. The van der Waals surface area contributed by atoms with Crippen LogP contribution < -0.4 is 21.3 Å². The molecule has 0 saturated carbocycles. The molecule has 0 fully saturated rings. The van der Waals surface area contributed by atoms with E-state index in [-0.39, 0.29) is 6.61 Å². The number of nitrogens with zero attached hydrogens (tertiary/aromatic N) is 1. The molecule has 0 bridgehead atoms. The third-order valence-corrected chi connectivity index (χ3v) is 3.42. The van der Waals surface area contributed by atoms with Crippen LogP contribution in [0.4, 0.5) is 18.9 Å². The first-order valence-electron chi connectivity index (χ1n) is 7.72. The Morgan fingerprint density at radius 1 is 1.27 bits per heavy atom. The molecule has 0 spiro atoms. The summed E-state index contributed by atoms with van der Waals surface area (Å²) in [6, 6.07) is 7.90. The average Bonchev–Trinajstić information content (AvgIpc) is 2.65. The zero-order valence-electron chi connectivity index (χ0n) is 14.4. The highest BCUT2D eigenvalue weighted by Crippen LogP contribution is 2.35. The van der Waals surface area contributed by atoms with Gasteiger partial charge >= 0.3 is 6.18 Å². The van der Waals surface area contributed by atoms with Crippen LogP contribution in [0.5, 0.6) is 5.88 Å². The molecule has 1 amide bonds. The Labute approximate surface area is 149 Å². The van der Waals surface area contributed by atoms with Crippen LogP contribution in [-0.4, -0.2) is 18.4 Å². The molecule has 4 N–H and O–H groups in total. The van der Waals surface area contributed by atoms with Crippen molar-refractivity contribution in [3.05, 3.63) is 53.2 Å². The number of aromatic nitrogens is 1. The normalized spacial score (nSPS) is 10.4. The van der Waals surface area contributed by atoms with Gasteiger partial charge in [-0.3, -0.25) is 10.2 Å². The van der Waals surface area contributed by atoms with Crippen molar-refractivity contribution in [2.75, 3.05) is 12.4 Å². The van der Waals surface area contributed by atoms with Crippen molar-refractivity contribution in [2.45, 2.75) is 26.1 Å². The molecule has 1 heterocycles. The lowest BCUT2D eigenvalue weighted by Crippen LogP contribution is -2.18. The molecule has 0 aliphatic carbocycles. The van der Waals surface area contributed by atoms with Crippen molar-refractivity contribution in [2.24, 2.45) is 5.84 Å². The summed E-state index contributed by atoms with van der Waals surface area (Å²) in [6.07, 6.45) is -2.03. The molecule has 0 radical (unpaired) electrons. The predicted molar refractivity (Wildman–Crippen MR) is 92.3 cm³/mol. The van der Waals surface area contributed by atoms with Crippen LogP contribution in [0, 0.1) is 0 Å². The number of amides is 1. The van der Waals surface area contributed by atoms with Crippen LogP contribution >= 0.6 is 0 Å². The maximum atomic E-state index is 12.9. The number of carbonyl (C=O) groups is 1. The Bertz CT molecular complexity index is 686. The Morgan fingerprint density at radius 2 is 1.96 bits per heavy atom. The number of hydrogen-bond acceptors (Lipinski definition) is 5. The number of rotatable bonds is 6. The van der Waals surface area contributed by atoms with Crippen LogP contribution in [0.1, 0.15) is 23.6 Å². The van der Waals surface area contributed by atoms with E-state index in [2.05, 4.69) is 16.1 Å². The van der Waals surface area contributed by atoms with Crippen molar-refractivity contribution < 1.29 is 22.7 Å². The highest BCUT2D eigenvalue weighted by molar-refractivity contribution is 5.54. The second-order valence-electron chi connectivity index (χ2n) is 4.97. The SMILES string of the molecule is CCc1cccc(NC)c1COc1ncccc1C(F)(F)F.NNC=O. The zero-order chi connectivity index (χ0) is 19.6. The van der Waals surface area contributed by atoms with Crippen molar-refractivity contribution in [1.29, 1.82) is 0 Å². The van der Waals surface area contributed by atoms with Crippen molar-refractivity contribution in [1.82, 2.24) is 10.4 Å². The van der Waals surface area contributed by atoms with E-state index in [4.69, 9.17) is 9.53 Å². The Kier molecular flexibility index (Phi) is 8.36. The van der Waals surface area contributed by atoms with Gasteiger partial charge in [0.2, 0.25) is 12.3 Å². The van der Waals surface area contributed by atoms with Gasteiger partial charge < -0.3 is 10.1 Å². The number of nitrogens with one attached hydrogen (secondary N) is 2. The van der Waals surface area contributed by atoms with Crippen molar-refractivity contribution in [3.63, 3.8) is 0 Å². The lowest BCUT2D eigenvalue weighted by Gasteiger charge is -2.16. The molecule has 0 saturated heterocycles. The van der Waals surface area contributed by atoms with E-state index in [9.17, 15) is 13.2 Å². The molecular weight excluding hydrogens is 349 g/mol. The summed E-state index contributed by atoms with van der Waals surface area (Å²) in [6.45, 7) is 2.01. The summed E-state index contributed by atoms with van der Waals surface area (Å²) < 4.78 is 44.2. The summed E-state index contributed by atoms with van der Waals surface area (Å²) in [5.74, 6) is 4.01. The number of aryl methyl sites for hydroxylation is 1. The molecule has 1 aromatic carbocycles. The molecule has 2 rings (SSSR count). The second kappa shape index (κ2) is 10.2. The number of anilines is 1. The number of hydrogen-bond donors (Lipinski definition) is 3. The third kappa shape index (κ3) is 5.92. The van der Waals surface area contributed by atoms with Crippen LogP contribution in [-0.2, 0) is 24.0 Å². The highest BCUT2D eigenvalue weighted by atomic mass is 19.4. The first-order chi connectivity index (χ1) is 12.4. The van der Waals surface area contributed by atoms with E-state index in [1.807, 2.05) is 25.1 Å². The van der Waals surface area contributed by atoms with Crippen molar-refractivity contribution in [3.8, 4) is 5.88 Å². The Hall–Kier alpha value is -2.81. The van der Waals surface area contributed by atoms with E-state index in [1.165, 1.54) is 12.3 Å². The van der Waals surface area contributed by atoms with E-state index in [0.29, 0.717) is 6.41 Å². The summed E-state index contributed by atoms with van der Waals surface area (Å²) in [5.41, 5.74) is 3.58. The molecule has 2 aromatic rings. The van der Waals surface area contributed by atoms with E-state index < -0.39 is 17.6 Å². The molecule has 1 aromatic heterocycles. The van der Waals surface area contributed by atoms with Gasteiger partial charge in [-0.25, -0.2) is 10.8 Å². The van der Waals surface area contributed by atoms with Gasteiger partial charge in [-0.1, -0.05) is 19.1 Å². The maximum Gasteiger partial charge on any atom is 0.421 e. The van der Waals surface area contributed by atoms with E-state index in [1.54, 1.807) is 12.5 Å². The molecule has 0 aliphatic rings. The largest absolute Gasteiger partial charge is 0.472 e. The Morgan fingerprint density at radius 3 is 2.50 bits per heavy atom. The fourth-order valence-corrected chi connectivity index (χ4v) is 2.23. The molecule has 0 aliphatic heterocycles. The monoisotopic (exact) mass is 370 g/mol. The maximum absolute atomic E-state index is 12.9. The van der Waals surface area contributed by atoms with Crippen LogP contribution in [0.3, 0.4) is 0 Å². The fourth-order valence-electron chi connectivity index (χ4n) is 2.23. The topological polar surface area (TPSA) is 89.3 Å². The van der Waals surface area contributed by atoms with E-state index in [0.717, 1.165) is 29.3 Å². The van der Waals surface area contributed by atoms with Crippen LogP contribution in [0.15, 0.2) is 36.5 Å². The van der Waals surface area contributed by atoms with Crippen LogP contribution in [0.25, 0.3) is 0 Å². The lowest BCUT2D eigenvalue weighted by molar-refractivity contribution is -0.139. The molecule has 0 unspecified atom stereocenters. The minimum atomic E-state index is -4.49. The summed E-state index contributed by atoms with van der Waals surface area (Å²) in [7, 11) is 1.76. The number of halogens is 3. The van der Waals surface area contributed by atoms with E-state index >= 15 is 0 Å². The van der Waals surface area contributed by atoms with Gasteiger partial charge in [0.05, 0.1) is 0 Å². The molecule has 142 valence electrons. The number of hydrazine groups is 1. The van der Waals surface area contributed by atoms with Gasteiger partial charge in [-0.15, -0.1) is 0 Å². The quantitative estimate of drug-likeness (QED) is 0.315. The number of pyridine rings is 1.